The average molecular weight is 447 g/mol. The molecule has 2 heteroatoms. The number of carbonyl (C=O) groups excluding carboxylic acids is 1. The maximum atomic E-state index is 12.1. The van der Waals surface area contributed by atoms with E-state index in [0.29, 0.717) is 23.5 Å². The van der Waals surface area contributed by atoms with Crippen LogP contribution in [-0.4, -0.2) is 17.0 Å². The summed E-state index contributed by atoms with van der Waals surface area (Å²) in [5, 5.41) is 11.5. The van der Waals surface area contributed by atoms with E-state index in [0.717, 1.165) is 37.0 Å². The van der Waals surface area contributed by atoms with Gasteiger partial charge >= 0.3 is 0 Å². The SMILES string of the molecule is C=C[C@H](c1ccccc1)[C@@H](O)[C@@H](C)C1CC[C@H]2[C@@H]3CC=C4CC(=O)CC[C@]4(C)[C@H]3CC[C@]12C. The monoisotopic (exact) mass is 446 g/mol. The van der Waals surface area contributed by atoms with Crippen LogP contribution in [-0.2, 0) is 4.79 Å². The summed E-state index contributed by atoms with van der Waals surface area (Å²) < 4.78 is 0. The molecular weight excluding hydrogens is 404 g/mol. The molecule has 4 aliphatic rings. The zero-order valence-corrected chi connectivity index (χ0v) is 20.8. The molecule has 1 unspecified atom stereocenters. The maximum absolute atomic E-state index is 12.1. The van der Waals surface area contributed by atoms with Crippen molar-refractivity contribution >= 4 is 5.78 Å². The van der Waals surface area contributed by atoms with Gasteiger partial charge in [0, 0.05) is 18.8 Å². The predicted molar refractivity (Wildman–Crippen MR) is 135 cm³/mol. The van der Waals surface area contributed by atoms with Gasteiger partial charge in [-0.2, -0.15) is 0 Å². The number of rotatable bonds is 5. The van der Waals surface area contributed by atoms with Gasteiger partial charge < -0.3 is 5.11 Å². The second kappa shape index (κ2) is 8.52. The number of carbonyl (C=O) groups is 1. The van der Waals surface area contributed by atoms with Crippen LogP contribution >= 0.6 is 0 Å². The third kappa shape index (κ3) is 3.59. The predicted octanol–water partition coefficient (Wildman–Crippen LogP) is 7.10. The number of aliphatic hydroxyl groups excluding tert-OH is 1. The van der Waals surface area contributed by atoms with Gasteiger partial charge in [-0.05, 0) is 84.5 Å². The highest BCUT2D eigenvalue weighted by atomic mass is 16.3. The van der Waals surface area contributed by atoms with Crippen molar-refractivity contribution in [3.8, 4) is 0 Å². The van der Waals surface area contributed by atoms with Crippen molar-refractivity contribution in [1.82, 2.24) is 0 Å². The van der Waals surface area contributed by atoms with Crippen LogP contribution in [0.4, 0.5) is 0 Å². The molecule has 3 saturated carbocycles. The van der Waals surface area contributed by atoms with Crippen LogP contribution in [0.15, 0.2) is 54.6 Å². The molecule has 1 aromatic rings. The lowest BCUT2D eigenvalue weighted by molar-refractivity contribution is -0.122. The summed E-state index contributed by atoms with van der Waals surface area (Å²) in [5.41, 5.74) is 3.16. The number of aliphatic hydroxyl groups is 1. The van der Waals surface area contributed by atoms with E-state index in [4.69, 9.17) is 0 Å². The fourth-order valence-electron chi connectivity index (χ4n) is 9.09. The van der Waals surface area contributed by atoms with E-state index in [-0.39, 0.29) is 17.3 Å². The summed E-state index contributed by atoms with van der Waals surface area (Å²) in [4.78, 5) is 12.1. The van der Waals surface area contributed by atoms with E-state index in [9.17, 15) is 9.90 Å². The Kier molecular flexibility index (Phi) is 5.96. The van der Waals surface area contributed by atoms with Crippen molar-refractivity contribution in [2.45, 2.75) is 84.2 Å². The third-order valence-electron chi connectivity index (χ3n) is 11.0. The van der Waals surface area contributed by atoms with Gasteiger partial charge in [0.05, 0.1) is 6.10 Å². The van der Waals surface area contributed by atoms with Crippen LogP contribution in [0.1, 0.15) is 83.6 Å². The highest BCUT2D eigenvalue weighted by molar-refractivity contribution is 5.82. The summed E-state index contributed by atoms with van der Waals surface area (Å²) in [6.07, 6.45) is 12.8. The van der Waals surface area contributed by atoms with Crippen molar-refractivity contribution < 1.29 is 9.90 Å². The molecule has 178 valence electrons. The van der Waals surface area contributed by atoms with Crippen LogP contribution in [0.2, 0.25) is 0 Å². The number of hydrogen-bond donors (Lipinski definition) is 1. The molecule has 0 heterocycles. The minimum atomic E-state index is -0.400. The lowest BCUT2D eigenvalue weighted by Gasteiger charge is -2.58. The minimum absolute atomic E-state index is 0.0148. The zero-order valence-electron chi connectivity index (χ0n) is 20.8. The van der Waals surface area contributed by atoms with Crippen molar-refractivity contribution in [3.63, 3.8) is 0 Å². The van der Waals surface area contributed by atoms with Gasteiger partial charge in [0.1, 0.15) is 5.78 Å². The van der Waals surface area contributed by atoms with E-state index in [1.807, 2.05) is 12.1 Å². The molecule has 1 N–H and O–H groups in total. The molecule has 9 atom stereocenters. The fraction of sp³-hybridized carbons (Fsp3) is 0.645. The molecule has 0 spiro atoms. The molecule has 0 amide bonds. The van der Waals surface area contributed by atoms with Gasteiger partial charge in [0.15, 0.2) is 0 Å². The molecule has 1 aromatic carbocycles. The molecule has 2 nitrogen and oxygen atoms in total. The number of allylic oxidation sites excluding steroid dienone is 2. The van der Waals surface area contributed by atoms with E-state index < -0.39 is 6.10 Å². The smallest absolute Gasteiger partial charge is 0.136 e. The first-order chi connectivity index (χ1) is 15.8. The quantitative estimate of drug-likeness (QED) is 0.490. The first-order valence-corrected chi connectivity index (χ1v) is 13.4. The molecular formula is C31H42O2. The lowest BCUT2D eigenvalue weighted by Crippen LogP contribution is -2.51. The van der Waals surface area contributed by atoms with E-state index in [1.54, 1.807) is 0 Å². The Bertz CT molecular complexity index is 932. The van der Waals surface area contributed by atoms with E-state index >= 15 is 0 Å². The summed E-state index contributed by atoms with van der Waals surface area (Å²) in [6, 6.07) is 10.4. The van der Waals surface area contributed by atoms with Crippen LogP contribution in [0, 0.1) is 40.4 Å². The van der Waals surface area contributed by atoms with E-state index in [1.165, 1.54) is 36.8 Å². The Labute approximate surface area is 200 Å². The zero-order chi connectivity index (χ0) is 23.4. The summed E-state index contributed by atoms with van der Waals surface area (Å²) in [5.74, 6) is 3.43. The molecule has 0 radical (unpaired) electrons. The minimum Gasteiger partial charge on any atom is -0.392 e. The third-order valence-corrected chi connectivity index (χ3v) is 11.0. The van der Waals surface area contributed by atoms with E-state index in [2.05, 4.69) is 57.7 Å². The van der Waals surface area contributed by atoms with Gasteiger partial charge in [-0.1, -0.05) is 68.8 Å². The highest BCUT2D eigenvalue weighted by Crippen LogP contribution is 2.67. The molecule has 3 fully saturated rings. The Morgan fingerprint density at radius 1 is 1.09 bits per heavy atom. The normalized spacial score (nSPS) is 40.6. The average Bonchev–Trinajstić information content (AvgIpc) is 3.17. The topological polar surface area (TPSA) is 37.3 Å². The number of Topliss-reactive ketones (excluding diaryl/α,β-unsaturated/α-hetero) is 1. The Hall–Kier alpha value is -1.67. The number of benzene rings is 1. The summed E-state index contributed by atoms with van der Waals surface area (Å²) in [6.45, 7) is 11.4. The van der Waals surface area contributed by atoms with Crippen molar-refractivity contribution in [1.29, 1.82) is 0 Å². The maximum Gasteiger partial charge on any atom is 0.136 e. The van der Waals surface area contributed by atoms with Gasteiger partial charge in [-0.15, -0.1) is 6.58 Å². The fourth-order valence-corrected chi connectivity index (χ4v) is 9.09. The summed E-state index contributed by atoms with van der Waals surface area (Å²) in [7, 11) is 0. The number of hydrogen-bond acceptors (Lipinski definition) is 2. The van der Waals surface area contributed by atoms with Gasteiger partial charge in [-0.3, -0.25) is 4.79 Å². The first-order valence-electron chi connectivity index (χ1n) is 13.4. The molecule has 5 rings (SSSR count). The van der Waals surface area contributed by atoms with Crippen LogP contribution in [0.5, 0.6) is 0 Å². The second-order valence-corrected chi connectivity index (χ2v) is 12.2. The Morgan fingerprint density at radius 3 is 2.58 bits per heavy atom. The highest BCUT2D eigenvalue weighted by Gasteiger charge is 2.59. The largest absolute Gasteiger partial charge is 0.392 e. The van der Waals surface area contributed by atoms with Crippen LogP contribution in [0.3, 0.4) is 0 Å². The second-order valence-electron chi connectivity index (χ2n) is 12.2. The Balaban J connectivity index is 1.38. The van der Waals surface area contributed by atoms with Gasteiger partial charge in [0.2, 0.25) is 0 Å². The standard InChI is InChI=1S/C31H42O2/c1-5-24(21-9-7-6-8-10-21)29(33)20(2)26-13-14-27-25-12-11-22-19-23(32)15-17-30(22,3)28(25)16-18-31(26,27)4/h5-11,20,24-29,33H,1,12-19H2,2-4H3/t20-,24+,25-,26?,27-,28-,29-,30-,31+/m0/s1. The Morgan fingerprint density at radius 2 is 1.85 bits per heavy atom. The number of ketones is 1. The summed E-state index contributed by atoms with van der Waals surface area (Å²) >= 11 is 0. The molecule has 0 aromatic heterocycles. The molecule has 0 bridgehead atoms. The number of fused-ring (bicyclic) bond motifs is 5. The van der Waals surface area contributed by atoms with Crippen molar-refractivity contribution in [3.05, 3.63) is 60.2 Å². The molecule has 33 heavy (non-hydrogen) atoms. The van der Waals surface area contributed by atoms with Gasteiger partial charge in [0.25, 0.3) is 0 Å². The van der Waals surface area contributed by atoms with Crippen LogP contribution < -0.4 is 0 Å². The molecule has 4 aliphatic carbocycles. The molecule has 0 saturated heterocycles. The molecule has 0 aliphatic heterocycles. The van der Waals surface area contributed by atoms with Crippen molar-refractivity contribution in [2.24, 2.45) is 40.4 Å². The van der Waals surface area contributed by atoms with Crippen LogP contribution in [0.25, 0.3) is 0 Å². The van der Waals surface area contributed by atoms with Crippen molar-refractivity contribution in [2.75, 3.05) is 0 Å². The van der Waals surface area contributed by atoms with Gasteiger partial charge in [-0.25, -0.2) is 0 Å². The lowest BCUT2D eigenvalue weighted by atomic mass is 9.47. The first kappa shape index (κ1) is 23.1.